The first-order valence-electron chi connectivity index (χ1n) is 18.5. The summed E-state index contributed by atoms with van der Waals surface area (Å²) in [6, 6.07) is 56.0. The molecule has 0 radical (unpaired) electrons. The number of fused-ring (bicyclic) bond motifs is 12. The molecule has 0 unspecified atom stereocenters. The van der Waals surface area contributed by atoms with E-state index in [1.165, 1.54) is 6.08 Å². The van der Waals surface area contributed by atoms with Gasteiger partial charge in [-0.15, -0.1) is 0 Å². The molecule has 0 saturated carbocycles. The van der Waals surface area contributed by atoms with Gasteiger partial charge in [0.2, 0.25) is 9.84 Å². The molecule has 7 heteroatoms. The van der Waals surface area contributed by atoms with Gasteiger partial charge in [-0.25, -0.2) is 8.42 Å². The SMILES string of the molecule is C/C(C#N)=C\C=C(/C)S(=O)(=O)c1cccc(-n2c3ccccc3c3c4c(c5ccccc5n4-c4ccccc4)c4c(c5ccccc5n4-c4ccccc4)c32)c1. The highest BCUT2D eigenvalue weighted by atomic mass is 32.2. The third kappa shape index (κ3) is 4.83. The lowest BCUT2D eigenvalue weighted by Crippen LogP contribution is -2.04. The van der Waals surface area contributed by atoms with Crippen molar-refractivity contribution in [3.63, 3.8) is 0 Å². The molecule has 0 aliphatic carbocycles. The zero-order valence-corrected chi connectivity index (χ0v) is 31.5. The van der Waals surface area contributed by atoms with Crippen molar-refractivity contribution in [1.29, 1.82) is 5.26 Å². The summed E-state index contributed by atoms with van der Waals surface area (Å²) in [6.07, 6.45) is 3.04. The Hall–Kier alpha value is -7.14. The third-order valence-electron chi connectivity index (χ3n) is 10.9. The molecular formula is C49H34N4O2S. The monoisotopic (exact) mass is 742 g/mol. The van der Waals surface area contributed by atoms with Gasteiger partial charge in [0.15, 0.2) is 0 Å². The molecule has 10 rings (SSSR count). The lowest BCUT2D eigenvalue weighted by atomic mass is 10.0. The van der Waals surface area contributed by atoms with E-state index >= 15 is 0 Å². The summed E-state index contributed by atoms with van der Waals surface area (Å²) in [5, 5.41) is 15.9. The van der Waals surface area contributed by atoms with Crippen LogP contribution in [0, 0.1) is 11.3 Å². The molecule has 6 nitrogen and oxygen atoms in total. The van der Waals surface area contributed by atoms with Gasteiger partial charge in [0.25, 0.3) is 0 Å². The van der Waals surface area contributed by atoms with Crippen molar-refractivity contribution in [2.75, 3.05) is 0 Å². The Morgan fingerprint density at radius 2 is 0.893 bits per heavy atom. The fourth-order valence-electron chi connectivity index (χ4n) is 8.45. The van der Waals surface area contributed by atoms with E-state index in [4.69, 9.17) is 0 Å². The van der Waals surface area contributed by atoms with Crippen molar-refractivity contribution in [2.45, 2.75) is 18.7 Å². The van der Waals surface area contributed by atoms with Gasteiger partial charge in [-0.05, 0) is 86.7 Å². The first-order chi connectivity index (χ1) is 27.4. The van der Waals surface area contributed by atoms with Gasteiger partial charge in [0, 0.05) is 59.9 Å². The van der Waals surface area contributed by atoms with Crippen molar-refractivity contribution in [2.24, 2.45) is 0 Å². The molecule has 0 aliphatic heterocycles. The highest BCUT2D eigenvalue weighted by Crippen LogP contribution is 2.50. The molecule has 0 saturated heterocycles. The number of hydrogen-bond acceptors (Lipinski definition) is 3. The number of hydrogen-bond donors (Lipinski definition) is 0. The van der Waals surface area contributed by atoms with Crippen molar-refractivity contribution in [3.8, 4) is 23.1 Å². The summed E-state index contributed by atoms with van der Waals surface area (Å²) in [4.78, 5) is 0.342. The standard InChI is InChI=1S/C49H34N4O2S/c1-32(31-50)28-29-33(2)56(54,55)37-21-15-20-36(30-37)53-43-27-14-11-24-40(43)46-48-44(38-22-9-12-25-41(38)51(48)34-16-5-3-6-17-34)47-45(49(46)53)39-23-10-13-26-42(39)52(47)35-18-7-4-8-19-35/h3-30H,1-2H3/b32-28+,33-29+. The quantitative estimate of drug-likeness (QED) is 0.126. The summed E-state index contributed by atoms with van der Waals surface area (Å²) in [6.45, 7) is 3.23. The normalized spacial score (nSPS) is 12.8. The first kappa shape index (κ1) is 33.4. The molecule has 0 atom stereocenters. The molecule has 3 aromatic heterocycles. The fraction of sp³-hybridized carbons (Fsp3) is 0.0408. The smallest absolute Gasteiger partial charge is 0.202 e. The fourth-order valence-corrected chi connectivity index (χ4v) is 9.61. The average Bonchev–Trinajstić information content (AvgIpc) is 3.89. The number of sulfone groups is 1. The highest BCUT2D eigenvalue weighted by molar-refractivity contribution is 7.95. The lowest BCUT2D eigenvalue weighted by molar-refractivity contribution is 0.602. The van der Waals surface area contributed by atoms with Crippen LogP contribution in [0.3, 0.4) is 0 Å². The Morgan fingerprint density at radius 3 is 1.34 bits per heavy atom. The van der Waals surface area contributed by atoms with Gasteiger partial charge in [-0.1, -0.05) is 97.1 Å². The Bertz CT molecular complexity index is 3380. The maximum atomic E-state index is 14.1. The second kappa shape index (κ2) is 12.7. The second-order valence-corrected chi connectivity index (χ2v) is 16.3. The van der Waals surface area contributed by atoms with Gasteiger partial charge in [0.05, 0.1) is 44.1 Å². The van der Waals surface area contributed by atoms with Crippen molar-refractivity contribution in [3.05, 3.63) is 180 Å². The lowest BCUT2D eigenvalue weighted by Gasteiger charge is -2.14. The van der Waals surface area contributed by atoms with Crippen LogP contribution in [0.15, 0.2) is 185 Å². The van der Waals surface area contributed by atoms with Gasteiger partial charge >= 0.3 is 0 Å². The molecule has 10 aromatic rings. The largest absolute Gasteiger partial charge is 0.308 e. The predicted octanol–water partition coefficient (Wildman–Crippen LogP) is 12.1. The number of benzene rings is 7. The van der Waals surface area contributed by atoms with Crippen LogP contribution in [0.25, 0.3) is 82.5 Å². The molecule has 0 N–H and O–H groups in total. The average molecular weight is 743 g/mol. The Balaban J connectivity index is 1.46. The molecule has 0 bridgehead atoms. The third-order valence-corrected chi connectivity index (χ3v) is 12.8. The zero-order chi connectivity index (χ0) is 38.1. The molecule has 0 aliphatic rings. The molecule has 0 spiro atoms. The van der Waals surface area contributed by atoms with E-state index in [-0.39, 0.29) is 9.80 Å². The van der Waals surface area contributed by atoms with Gasteiger partial charge in [-0.3, -0.25) is 0 Å². The maximum Gasteiger partial charge on any atom is 0.202 e. The van der Waals surface area contributed by atoms with E-state index in [0.717, 1.165) is 82.5 Å². The maximum absolute atomic E-state index is 14.1. The van der Waals surface area contributed by atoms with E-state index in [9.17, 15) is 13.7 Å². The molecular weight excluding hydrogens is 709 g/mol. The van der Waals surface area contributed by atoms with Crippen LogP contribution in [-0.2, 0) is 9.84 Å². The highest BCUT2D eigenvalue weighted by Gasteiger charge is 2.29. The number of aromatic nitrogens is 3. The van der Waals surface area contributed by atoms with Crippen molar-refractivity contribution in [1.82, 2.24) is 13.7 Å². The van der Waals surface area contributed by atoms with E-state index in [0.29, 0.717) is 5.57 Å². The summed E-state index contributed by atoms with van der Waals surface area (Å²) < 4.78 is 35.2. The Kier molecular flexibility index (Phi) is 7.60. The Morgan fingerprint density at radius 1 is 0.500 bits per heavy atom. The zero-order valence-electron chi connectivity index (χ0n) is 30.7. The van der Waals surface area contributed by atoms with Crippen LogP contribution in [-0.4, -0.2) is 22.1 Å². The molecule has 0 fully saturated rings. The molecule has 56 heavy (non-hydrogen) atoms. The summed E-state index contributed by atoms with van der Waals surface area (Å²) in [5.74, 6) is 0. The minimum Gasteiger partial charge on any atom is -0.308 e. The van der Waals surface area contributed by atoms with E-state index in [2.05, 4.69) is 135 Å². The summed E-state index contributed by atoms with van der Waals surface area (Å²) >= 11 is 0. The Labute approximate surface area is 323 Å². The van der Waals surface area contributed by atoms with Crippen LogP contribution in [0.1, 0.15) is 13.8 Å². The number of nitriles is 1. The number of nitrogens with zero attached hydrogens (tertiary/aromatic N) is 4. The van der Waals surface area contributed by atoms with Gasteiger partial charge in [-0.2, -0.15) is 5.26 Å². The molecule has 7 aromatic carbocycles. The van der Waals surface area contributed by atoms with E-state index in [1.807, 2.05) is 30.3 Å². The van der Waals surface area contributed by atoms with E-state index < -0.39 is 9.84 Å². The topological polar surface area (TPSA) is 72.7 Å². The molecule has 0 amide bonds. The van der Waals surface area contributed by atoms with Crippen LogP contribution < -0.4 is 0 Å². The number of rotatable bonds is 6. The van der Waals surface area contributed by atoms with Crippen molar-refractivity contribution < 1.29 is 8.42 Å². The number of para-hydroxylation sites is 5. The van der Waals surface area contributed by atoms with Crippen molar-refractivity contribution >= 4 is 75.3 Å². The van der Waals surface area contributed by atoms with Crippen LogP contribution in [0.5, 0.6) is 0 Å². The van der Waals surface area contributed by atoms with Crippen LogP contribution >= 0.6 is 0 Å². The number of allylic oxidation sites excluding steroid dienone is 4. The van der Waals surface area contributed by atoms with Gasteiger partial charge in [0.1, 0.15) is 0 Å². The summed E-state index contributed by atoms with van der Waals surface area (Å²) in [7, 11) is -3.88. The minimum absolute atomic E-state index is 0.161. The second-order valence-electron chi connectivity index (χ2n) is 14.1. The van der Waals surface area contributed by atoms with E-state index in [1.54, 1.807) is 32.1 Å². The minimum atomic E-state index is -3.88. The van der Waals surface area contributed by atoms with Crippen LogP contribution in [0.2, 0.25) is 0 Å². The molecule has 268 valence electrons. The molecule has 3 heterocycles. The van der Waals surface area contributed by atoms with Gasteiger partial charge < -0.3 is 13.7 Å². The predicted molar refractivity (Wildman–Crippen MR) is 230 cm³/mol. The summed E-state index contributed by atoms with van der Waals surface area (Å²) in [5.41, 5.74) is 9.55. The van der Waals surface area contributed by atoms with Crippen LogP contribution in [0.4, 0.5) is 0 Å². The first-order valence-corrected chi connectivity index (χ1v) is 20.0.